The van der Waals surface area contributed by atoms with Crippen LogP contribution in [0, 0.1) is 0 Å². The molecule has 0 saturated carbocycles. The van der Waals surface area contributed by atoms with Crippen LogP contribution >= 0.6 is 12.6 Å². The van der Waals surface area contributed by atoms with E-state index in [0.29, 0.717) is 11.4 Å². The largest absolute Gasteiger partial charge is 0.494 e. The Morgan fingerprint density at radius 2 is 2.16 bits per heavy atom. The van der Waals surface area contributed by atoms with E-state index in [-0.39, 0.29) is 0 Å². The number of nitrogens with zero attached hydrogens (tertiary/aromatic N) is 2. The van der Waals surface area contributed by atoms with Gasteiger partial charge in [-0.05, 0) is 18.6 Å². The lowest BCUT2D eigenvalue weighted by Gasteiger charge is -2.13. The first-order chi connectivity index (χ1) is 9.19. The zero-order chi connectivity index (χ0) is 14.1. The molecular weight excluding hydrogens is 258 g/mol. The molecule has 0 aliphatic rings. The summed E-state index contributed by atoms with van der Waals surface area (Å²) in [6.07, 6.45) is 6.38. The minimum atomic E-state index is 0.697. The van der Waals surface area contributed by atoms with Gasteiger partial charge in [0.15, 0.2) is 0 Å². The molecule has 5 heteroatoms. The maximum Gasteiger partial charge on any atom is 0.145 e. The molecule has 0 aromatic heterocycles. The lowest BCUT2D eigenvalue weighted by Crippen LogP contribution is -2.30. The molecule has 106 valence electrons. The van der Waals surface area contributed by atoms with E-state index in [2.05, 4.69) is 24.5 Å². The number of rotatable bonds is 8. The first-order valence-electron chi connectivity index (χ1n) is 6.60. The number of ether oxygens (including phenoxy) is 1. The van der Waals surface area contributed by atoms with Crippen molar-refractivity contribution in [3.63, 3.8) is 0 Å². The van der Waals surface area contributed by atoms with E-state index in [1.165, 1.54) is 19.3 Å². The first-order valence-corrected chi connectivity index (χ1v) is 7.05. The van der Waals surface area contributed by atoms with E-state index >= 15 is 0 Å². The highest BCUT2D eigenvalue weighted by Gasteiger charge is 2.04. The summed E-state index contributed by atoms with van der Waals surface area (Å²) < 4.78 is 5.25. The third-order valence-corrected chi connectivity index (χ3v) is 3.16. The summed E-state index contributed by atoms with van der Waals surface area (Å²) in [5, 5.41) is 1.61. The van der Waals surface area contributed by atoms with Gasteiger partial charge in [-0.3, -0.25) is 0 Å². The zero-order valence-electron chi connectivity index (χ0n) is 11.7. The molecule has 0 fully saturated rings. The van der Waals surface area contributed by atoms with Gasteiger partial charge in [-0.1, -0.05) is 32.3 Å². The number of unbranched alkanes of at least 4 members (excludes halogenated alkanes) is 3. The van der Waals surface area contributed by atoms with Crippen LogP contribution in [-0.4, -0.2) is 25.0 Å². The van der Waals surface area contributed by atoms with Gasteiger partial charge in [-0.2, -0.15) is 0 Å². The molecule has 1 aromatic rings. The van der Waals surface area contributed by atoms with E-state index in [1.54, 1.807) is 18.5 Å². The SMILES string of the molecule is CCCCCCN(N)C=Nc1c(S)cccc1OC. The molecule has 1 rings (SSSR count). The monoisotopic (exact) mass is 281 g/mol. The molecule has 0 heterocycles. The van der Waals surface area contributed by atoms with Gasteiger partial charge >= 0.3 is 0 Å². The average molecular weight is 281 g/mol. The van der Waals surface area contributed by atoms with Crippen LogP contribution in [0.15, 0.2) is 28.1 Å². The molecule has 4 nitrogen and oxygen atoms in total. The fourth-order valence-corrected chi connectivity index (χ4v) is 1.97. The molecule has 0 amide bonds. The van der Waals surface area contributed by atoms with Gasteiger partial charge in [0.05, 0.1) is 7.11 Å². The highest BCUT2D eigenvalue weighted by atomic mass is 32.1. The summed E-state index contributed by atoms with van der Waals surface area (Å²) in [4.78, 5) is 5.12. The summed E-state index contributed by atoms with van der Waals surface area (Å²) in [7, 11) is 1.62. The Morgan fingerprint density at radius 1 is 1.37 bits per heavy atom. The Morgan fingerprint density at radius 3 is 2.84 bits per heavy atom. The van der Waals surface area contributed by atoms with Crippen molar-refractivity contribution in [2.45, 2.75) is 37.5 Å². The Balaban J connectivity index is 2.56. The molecule has 0 aliphatic carbocycles. The second-order valence-electron chi connectivity index (χ2n) is 4.37. The van der Waals surface area contributed by atoms with Crippen LogP contribution in [0.4, 0.5) is 5.69 Å². The van der Waals surface area contributed by atoms with Crippen molar-refractivity contribution in [3.8, 4) is 5.75 Å². The predicted octanol–water partition coefficient (Wildman–Crippen LogP) is 3.40. The van der Waals surface area contributed by atoms with E-state index in [4.69, 9.17) is 10.6 Å². The quantitative estimate of drug-likeness (QED) is 0.192. The maximum absolute atomic E-state index is 5.86. The second-order valence-corrected chi connectivity index (χ2v) is 4.85. The van der Waals surface area contributed by atoms with E-state index in [9.17, 15) is 0 Å². The van der Waals surface area contributed by atoms with Gasteiger partial charge in [0.2, 0.25) is 0 Å². The van der Waals surface area contributed by atoms with Gasteiger partial charge in [0.25, 0.3) is 0 Å². The van der Waals surface area contributed by atoms with E-state index in [1.807, 2.05) is 18.2 Å². The van der Waals surface area contributed by atoms with Gasteiger partial charge in [0, 0.05) is 11.4 Å². The summed E-state index contributed by atoms with van der Waals surface area (Å²) in [5.41, 5.74) is 0.706. The number of hydrogen-bond acceptors (Lipinski definition) is 4. The molecule has 2 N–H and O–H groups in total. The van der Waals surface area contributed by atoms with Crippen LogP contribution < -0.4 is 10.6 Å². The molecule has 0 spiro atoms. The normalized spacial score (nSPS) is 10.9. The molecule has 0 bridgehead atoms. The number of methoxy groups -OCH3 is 1. The van der Waals surface area contributed by atoms with Crippen LogP contribution in [0.25, 0.3) is 0 Å². The number of thiol groups is 1. The van der Waals surface area contributed by atoms with Crippen molar-refractivity contribution >= 4 is 24.7 Å². The van der Waals surface area contributed by atoms with Gasteiger partial charge in [-0.15, -0.1) is 12.6 Å². The smallest absolute Gasteiger partial charge is 0.145 e. The minimum absolute atomic E-state index is 0.697. The Hall–Kier alpha value is -1.20. The van der Waals surface area contributed by atoms with Crippen LogP contribution in [0.2, 0.25) is 0 Å². The van der Waals surface area contributed by atoms with E-state index in [0.717, 1.165) is 17.9 Å². The predicted molar refractivity (Wildman–Crippen MR) is 83.4 cm³/mol. The van der Waals surface area contributed by atoms with Crippen molar-refractivity contribution in [1.82, 2.24) is 5.01 Å². The molecule has 0 radical (unpaired) electrons. The summed E-state index contributed by atoms with van der Waals surface area (Å²) in [6, 6.07) is 5.61. The maximum atomic E-state index is 5.86. The zero-order valence-corrected chi connectivity index (χ0v) is 12.6. The number of hydrazine groups is 1. The topological polar surface area (TPSA) is 50.8 Å². The summed E-state index contributed by atoms with van der Waals surface area (Å²) in [5.74, 6) is 6.56. The second kappa shape index (κ2) is 8.82. The molecular formula is C14H23N3OS. The number of para-hydroxylation sites is 1. The van der Waals surface area contributed by atoms with Crippen molar-refractivity contribution in [1.29, 1.82) is 0 Å². The van der Waals surface area contributed by atoms with Crippen molar-refractivity contribution in [2.75, 3.05) is 13.7 Å². The third kappa shape index (κ3) is 5.53. The Kier molecular flexibility index (Phi) is 7.36. The Labute approximate surface area is 121 Å². The first kappa shape index (κ1) is 15.9. The van der Waals surface area contributed by atoms with Gasteiger partial charge < -0.3 is 9.75 Å². The number of benzene rings is 1. The van der Waals surface area contributed by atoms with Gasteiger partial charge in [0.1, 0.15) is 17.8 Å². The molecule has 0 aliphatic heterocycles. The van der Waals surface area contributed by atoms with Crippen molar-refractivity contribution in [3.05, 3.63) is 18.2 Å². The van der Waals surface area contributed by atoms with Gasteiger partial charge in [-0.25, -0.2) is 10.8 Å². The van der Waals surface area contributed by atoms with Crippen LogP contribution in [0.3, 0.4) is 0 Å². The number of nitrogens with two attached hydrogens (primary N) is 1. The third-order valence-electron chi connectivity index (χ3n) is 2.80. The van der Waals surface area contributed by atoms with Crippen molar-refractivity contribution in [2.24, 2.45) is 10.8 Å². The number of hydrogen-bond donors (Lipinski definition) is 2. The molecule has 1 aromatic carbocycles. The number of aliphatic imine (C=N–C) groups is 1. The molecule has 0 saturated heterocycles. The van der Waals surface area contributed by atoms with Crippen LogP contribution in [0.5, 0.6) is 5.75 Å². The molecule has 0 atom stereocenters. The summed E-state index contributed by atoms with van der Waals surface area (Å²) >= 11 is 4.37. The lowest BCUT2D eigenvalue weighted by molar-refractivity contribution is 0.414. The van der Waals surface area contributed by atoms with Crippen molar-refractivity contribution < 1.29 is 4.74 Å². The molecule has 0 unspecified atom stereocenters. The highest BCUT2D eigenvalue weighted by molar-refractivity contribution is 7.80. The lowest BCUT2D eigenvalue weighted by atomic mass is 10.2. The van der Waals surface area contributed by atoms with Crippen LogP contribution in [-0.2, 0) is 0 Å². The van der Waals surface area contributed by atoms with E-state index < -0.39 is 0 Å². The average Bonchev–Trinajstić information content (AvgIpc) is 2.42. The van der Waals surface area contributed by atoms with Crippen LogP contribution in [0.1, 0.15) is 32.6 Å². The standard InChI is InChI=1S/C14H23N3OS/c1-3-4-5-6-10-17(15)11-16-14-12(18-2)8-7-9-13(14)19/h7-9,11,19H,3-6,10,15H2,1-2H3. The fraction of sp³-hybridized carbons (Fsp3) is 0.500. The fourth-order valence-electron chi connectivity index (χ4n) is 1.72. The molecule has 19 heavy (non-hydrogen) atoms. The minimum Gasteiger partial charge on any atom is -0.494 e. The highest BCUT2D eigenvalue weighted by Crippen LogP contribution is 2.33. The Bertz CT molecular complexity index is 410. The summed E-state index contributed by atoms with van der Waals surface area (Å²) in [6.45, 7) is 3.00.